The topological polar surface area (TPSA) is 103 Å². The Morgan fingerprint density at radius 2 is 2.00 bits per heavy atom. The van der Waals surface area contributed by atoms with Gasteiger partial charge in [0.05, 0.1) is 18.0 Å². The van der Waals surface area contributed by atoms with E-state index in [1.54, 1.807) is 6.92 Å². The summed E-state index contributed by atoms with van der Waals surface area (Å²) in [5.74, 6) is -0.974. The smallest absolute Gasteiger partial charge is 0.350 e. The molecule has 3 rings (SSSR count). The van der Waals surface area contributed by atoms with Gasteiger partial charge < -0.3 is 4.74 Å². The van der Waals surface area contributed by atoms with Gasteiger partial charge in [0.15, 0.2) is 10.8 Å². The summed E-state index contributed by atoms with van der Waals surface area (Å²) in [6.07, 6.45) is 1.50. The molecule has 3 aromatic rings. The molecule has 8 nitrogen and oxygen atoms in total. The third-order valence-electron chi connectivity index (χ3n) is 4.04. The fourth-order valence-corrected chi connectivity index (χ4v) is 3.44. The summed E-state index contributed by atoms with van der Waals surface area (Å²) in [5, 5.41) is 6.92. The molecule has 156 valence electrons. The molecule has 30 heavy (non-hydrogen) atoms. The summed E-state index contributed by atoms with van der Waals surface area (Å²) in [6, 6.07) is 8.80. The Morgan fingerprint density at radius 1 is 1.23 bits per heavy atom. The first-order valence-electron chi connectivity index (χ1n) is 9.37. The number of nitrogens with one attached hydrogen (secondary N) is 1. The minimum absolute atomic E-state index is 0.196. The van der Waals surface area contributed by atoms with E-state index in [-0.39, 0.29) is 16.7 Å². The molecule has 0 aliphatic heterocycles. The molecule has 0 aliphatic carbocycles. The molecule has 0 saturated heterocycles. The highest BCUT2D eigenvalue weighted by Crippen LogP contribution is 2.24. The first kappa shape index (κ1) is 21.4. The number of aromatic nitrogens is 3. The number of nitrogens with zero attached hydrogens (tertiary/aromatic N) is 3. The Bertz CT molecular complexity index is 1150. The zero-order valence-corrected chi connectivity index (χ0v) is 17.9. The van der Waals surface area contributed by atoms with E-state index in [0.29, 0.717) is 17.2 Å². The predicted octanol–water partition coefficient (Wildman–Crippen LogP) is 3.37. The first-order valence-corrected chi connectivity index (χ1v) is 10.2. The Hall–Kier alpha value is -3.33. The molecule has 1 aromatic carbocycles. The van der Waals surface area contributed by atoms with Crippen molar-refractivity contribution in [1.82, 2.24) is 14.8 Å². The summed E-state index contributed by atoms with van der Waals surface area (Å²) in [4.78, 5) is 41.6. The van der Waals surface area contributed by atoms with Gasteiger partial charge in [0, 0.05) is 12.3 Å². The summed E-state index contributed by atoms with van der Waals surface area (Å²) < 4.78 is 6.68. The quantitative estimate of drug-likeness (QED) is 0.606. The van der Waals surface area contributed by atoms with Crippen LogP contribution in [0.5, 0.6) is 0 Å². The molecule has 0 bridgehead atoms. The van der Waals surface area contributed by atoms with Crippen LogP contribution < -0.4 is 10.7 Å². The molecule has 1 amide bonds. The summed E-state index contributed by atoms with van der Waals surface area (Å²) in [6.45, 7) is 7.77. The second-order valence-corrected chi connectivity index (χ2v) is 8.19. The molecule has 2 aromatic heterocycles. The average molecular weight is 426 g/mol. The van der Waals surface area contributed by atoms with Crippen LogP contribution in [0.25, 0.3) is 5.69 Å². The lowest BCUT2D eigenvalue weighted by atomic mass is 10.2. The number of anilines is 1. The third-order valence-corrected chi connectivity index (χ3v) is 5.09. The highest BCUT2D eigenvalue weighted by atomic mass is 32.1. The van der Waals surface area contributed by atoms with E-state index in [4.69, 9.17) is 4.74 Å². The van der Waals surface area contributed by atoms with Gasteiger partial charge in [-0.25, -0.2) is 14.5 Å². The van der Waals surface area contributed by atoms with Crippen molar-refractivity contribution >= 4 is 28.3 Å². The van der Waals surface area contributed by atoms with Gasteiger partial charge in [-0.1, -0.05) is 37.3 Å². The van der Waals surface area contributed by atoms with Crippen LogP contribution in [0.1, 0.15) is 45.3 Å². The van der Waals surface area contributed by atoms with E-state index in [1.165, 1.54) is 16.9 Å². The fourth-order valence-electron chi connectivity index (χ4n) is 2.58. The minimum atomic E-state index is -0.696. The molecule has 0 atom stereocenters. The normalized spacial score (nSPS) is 10.8. The second kappa shape index (κ2) is 9.00. The number of thiazole rings is 1. The van der Waals surface area contributed by atoms with E-state index < -0.39 is 17.3 Å². The molecule has 0 radical (unpaired) electrons. The van der Waals surface area contributed by atoms with Crippen LogP contribution in [0, 0.1) is 19.8 Å². The number of carbonyl (C=O) groups is 2. The number of rotatable bonds is 6. The number of ether oxygens (including phenoxy) is 1. The first-order chi connectivity index (χ1) is 14.2. The monoisotopic (exact) mass is 426 g/mol. The van der Waals surface area contributed by atoms with Crippen LogP contribution in [-0.4, -0.2) is 33.2 Å². The summed E-state index contributed by atoms with van der Waals surface area (Å²) >= 11 is 0.996. The van der Waals surface area contributed by atoms with Crippen LogP contribution in [0.2, 0.25) is 0 Å². The molecule has 0 unspecified atom stereocenters. The van der Waals surface area contributed by atoms with E-state index >= 15 is 0 Å². The molecule has 0 saturated carbocycles. The van der Waals surface area contributed by atoms with Crippen molar-refractivity contribution in [1.29, 1.82) is 0 Å². The zero-order valence-electron chi connectivity index (χ0n) is 17.1. The maximum Gasteiger partial charge on any atom is 0.350 e. The lowest BCUT2D eigenvalue weighted by molar-refractivity contribution is 0.0463. The minimum Gasteiger partial charge on any atom is -0.461 e. The fraction of sp³-hybridized carbons (Fsp3) is 0.286. The Labute approximate surface area is 177 Å². The molecule has 2 heterocycles. The molecule has 1 N–H and O–H groups in total. The summed E-state index contributed by atoms with van der Waals surface area (Å²) in [5.41, 5.74) is 1.41. The average Bonchev–Trinajstić information content (AvgIpc) is 3.06. The highest BCUT2D eigenvalue weighted by molar-refractivity contribution is 7.17. The van der Waals surface area contributed by atoms with Gasteiger partial charge in [0.1, 0.15) is 4.88 Å². The molecular formula is C21H22N4O4S. The van der Waals surface area contributed by atoms with Gasteiger partial charge in [-0.05, 0) is 37.5 Å². The van der Waals surface area contributed by atoms with Crippen LogP contribution in [0.3, 0.4) is 0 Å². The van der Waals surface area contributed by atoms with E-state index in [0.717, 1.165) is 22.6 Å². The van der Waals surface area contributed by atoms with Crippen LogP contribution in [0.15, 0.2) is 41.3 Å². The second-order valence-electron chi connectivity index (χ2n) is 7.19. The Morgan fingerprint density at radius 3 is 2.70 bits per heavy atom. The summed E-state index contributed by atoms with van der Waals surface area (Å²) in [7, 11) is 0. The number of hydrogen-bond acceptors (Lipinski definition) is 7. The number of carbonyl (C=O) groups excluding carboxylic acids is 2. The van der Waals surface area contributed by atoms with Crippen molar-refractivity contribution in [3.8, 4) is 5.69 Å². The molecule has 0 aliphatic rings. The van der Waals surface area contributed by atoms with Crippen LogP contribution >= 0.6 is 11.3 Å². The van der Waals surface area contributed by atoms with Crippen LogP contribution in [-0.2, 0) is 4.74 Å². The maximum atomic E-state index is 12.7. The van der Waals surface area contributed by atoms with Crippen molar-refractivity contribution in [2.24, 2.45) is 5.92 Å². The third kappa shape index (κ3) is 4.98. The molecule has 9 heteroatoms. The van der Waals surface area contributed by atoms with Gasteiger partial charge in [0.25, 0.3) is 5.91 Å². The van der Waals surface area contributed by atoms with Crippen molar-refractivity contribution in [2.45, 2.75) is 27.7 Å². The van der Waals surface area contributed by atoms with Gasteiger partial charge in [-0.15, -0.1) is 0 Å². The van der Waals surface area contributed by atoms with Gasteiger partial charge in [-0.3, -0.25) is 14.9 Å². The largest absolute Gasteiger partial charge is 0.461 e. The number of aryl methyl sites for hydroxylation is 2. The van der Waals surface area contributed by atoms with Crippen molar-refractivity contribution < 1.29 is 14.3 Å². The molecular weight excluding hydrogens is 404 g/mol. The van der Waals surface area contributed by atoms with Crippen LogP contribution in [0.4, 0.5) is 5.13 Å². The lowest BCUT2D eigenvalue weighted by Crippen LogP contribution is -2.25. The van der Waals surface area contributed by atoms with Crippen molar-refractivity contribution in [3.05, 3.63) is 68.6 Å². The van der Waals surface area contributed by atoms with Gasteiger partial charge >= 0.3 is 5.97 Å². The molecule has 0 spiro atoms. The number of hydrogen-bond donors (Lipinski definition) is 1. The SMILES string of the molecule is Cc1cccc(-n2ccc(=O)c(C(=O)Nc3nc(C)c(C(=O)OCC(C)C)s3)n2)c1. The number of esters is 1. The Balaban J connectivity index is 1.81. The highest BCUT2D eigenvalue weighted by Gasteiger charge is 2.20. The standard InChI is InChI=1S/C21H22N4O4S/c1-12(2)11-29-20(28)18-14(4)22-21(30-18)23-19(27)17-16(26)8-9-25(24-17)15-7-5-6-13(3)10-15/h5-10,12H,11H2,1-4H3,(H,22,23,27). The number of amides is 1. The maximum absolute atomic E-state index is 12.7. The molecule has 0 fully saturated rings. The zero-order chi connectivity index (χ0) is 21.8. The van der Waals surface area contributed by atoms with E-state index in [2.05, 4.69) is 15.4 Å². The Kier molecular flexibility index (Phi) is 6.41. The lowest BCUT2D eigenvalue weighted by Gasteiger charge is -2.07. The number of benzene rings is 1. The van der Waals surface area contributed by atoms with E-state index in [9.17, 15) is 14.4 Å². The van der Waals surface area contributed by atoms with Crippen molar-refractivity contribution in [3.63, 3.8) is 0 Å². The van der Waals surface area contributed by atoms with Gasteiger partial charge in [0.2, 0.25) is 5.43 Å². The predicted molar refractivity (Wildman–Crippen MR) is 114 cm³/mol. The van der Waals surface area contributed by atoms with Gasteiger partial charge in [-0.2, -0.15) is 5.10 Å². The van der Waals surface area contributed by atoms with E-state index in [1.807, 2.05) is 45.0 Å². The van der Waals surface area contributed by atoms with Crippen molar-refractivity contribution in [2.75, 3.05) is 11.9 Å².